The number of methoxy groups -OCH3 is 1. The molecule has 0 heterocycles. The standard InChI is InChI=1S/C10H9FO3/c1-14-9-3-5-2-7(10(12)13)6(5)4-8(9)11/h3-4,7H,2H2,1H3,(H,12,13). The van der Waals surface area contributed by atoms with Crippen molar-refractivity contribution in [1.29, 1.82) is 0 Å². The van der Waals surface area contributed by atoms with Crippen LogP contribution >= 0.6 is 0 Å². The molecule has 74 valence electrons. The Morgan fingerprint density at radius 2 is 2.36 bits per heavy atom. The van der Waals surface area contributed by atoms with E-state index in [-0.39, 0.29) is 5.75 Å². The summed E-state index contributed by atoms with van der Waals surface area (Å²) in [5.74, 6) is -1.78. The van der Waals surface area contributed by atoms with Crippen LogP contribution in [-0.2, 0) is 11.2 Å². The van der Waals surface area contributed by atoms with Gasteiger partial charge in [0.15, 0.2) is 11.6 Å². The number of carbonyl (C=O) groups is 1. The van der Waals surface area contributed by atoms with Crippen LogP contribution in [0.5, 0.6) is 5.75 Å². The zero-order valence-corrected chi connectivity index (χ0v) is 7.58. The van der Waals surface area contributed by atoms with E-state index in [1.807, 2.05) is 0 Å². The van der Waals surface area contributed by atoms with E-state index in [1.165, 1.54) is 13.2 Å². The van der Waals surface area contributed by atoms with Crippen molar-refractivity contribution in [2.24, 2.45) is 0 Å². The van der Waals surface area contributed by atoms with E-state index in [0.29, 0.717) is 12.0 Å². The van der Waals surface area contributed by atoms with Gasteiger partial charge in [0, 0.05) is 0 Å². The first kappa shape index (κ1) is 8.99. The van der Waals surface area contributed by atoms with Crippen LogP contribution in [0.1, 0.15) is 17.0 Å². The molecule has 1 N–H and O–H groups in total. The number of hydrogen-bond donors (Lipinski definition) is 1. The Kier molecular flexibility index (Phi) is 1.91. The van der Waals surface area contributed by atoms with E-state index in [9.17, 15) is 9.18 Å². The van der Waals surface area contributed by atoms with Gasteiger partial charge in [0.05, 0.1) is 13.0 Å². The average Bonchev–Trinajstić information content (AvgIpc) is 2.10. The van der Waals surface area contributed by atoms with Gasteiger partial charge >= 0.3 is 5.97 Å². The Morgan fingerprint density at radius 3 is 2.93 bits per heavy atom. The highest BCUT2D eigenvalue weighted by atomic mass is 19.1. The molecule has 1 aromatic carbocycles. The molecule has 0 fully saturated rings. The van der Waals surface area contributed by atoms with Crippen molar-refractivity contribution in [2.45, 2.75) is 12.3 Å². The number of carboxylic acid groups (broad SMARTS) is 1. The number of carboxylic acids is 1. The van der Waals surface area contributed by atoms with Gasteiger partial charge in [-0.1, -0.05) is 0 Å². The maximum absolute atomic E-state index is 13.2. The van der Waals surface area contributed by atoms with E-state index in [2.05, 4.69) is 0 Å². The van der Waals surface area contributed by atoms with Gasteiger partial charge in [-0.2, -0.15) is 0 Å². The molecule has 3 nitrogen and oxygen atoms in total. The quantitative estimate of drug-likeness (QED) is 0.780. The second-order valence-corrected chi connectivity index (χ2v) is 3.28. The molecule has 1 unspecified atom stereocenters. The minimum atomic E-state index is -0.901. The number of hydrogen-bond acceptors (Lipinski definition) is 2. The first-order chi connectivity index (χ1) is 6.63. The van der Waals surface area contributed by atoms with Gasteiger partial charge in [0.25, 0.3) is 0 Å². The molecule has 0 aliphatic heterocycles. The van der Waals surface area contributed by atoms with Crippen molar-refractivity contribution in [3.8, 4) is 5.75 Å². The Bertz CT molecular complexity index is 401. The summed E-state index contributed by atoms with van der Waals surface area (Å²) in [4.78, 5) is 10.7. The first-order valence-corrected chi connectivity index (χ1v) is 4.22. The fourth-order valence-electron chi connectivity index (χ4n) is 1.69. The lowest BCUT2D eigenvalue weighted by Crippen LogP contribution is -2.25. The molecule has 0 aromatic heterocycles. The molecule has 4 heteroatoms. The Labute approximate surface area is 80.1 Å². The second-order valence-electron chi connectivity index (χ2n) is 3.28. The molecule has 1 aliphatic carbocycles. The van der Waals surface area contributed by atoms with Gasteiger partial charge in [0.2, 0.25) is 0 Å². The van der Waals surface area contributed by atoms with E-state index in [4.69, 9.17) is 9.84 Å². The molecule has 0 spiro atoms. The Morgan fingerprint density at radius 1 is 1.64 bits per heavy atom. The van der Waals surface area contributed by atoms with Gasteiger partial charge < -0.3 is 9.84 Å². The third-order valence-corrected chi connectivity index (χ3v) is 2.51. The number of rotatable bonds is 2. The van der Waals surface area contributed by atoms with Crippen LogP contribution in [0, 0.1) is 5.82 Å². The van der Waals surface area contributed by atoms with Crippen molar-refractivity contribution >= 4 is 5.97 Å². The fraction of sp³-hybridized carbons (Fsp3) is 0.300. The van der Waals surface area contributed by atoms with E-state index in [0.717, 1.165) is 5.56 Å². The summed E-state index contributed by atoms with van der Waals surface area (Å²) >= 11 is 0. The van der Waals surface area contributed by atoms with Crippen molar-refractivity contribution in [1.82, 2.24) is 0 Å². The van der Waals surface area contributed by atoms with Crippen LogP contribution in [0.4, 0.5) is 4.39 Å². The molecule has 14 heavy (non-hydrogen) atoms. The topological polar surface area (TPSA) is 46.5 Å². The Balaban J connectivity index is 2.40. The lowest BCUT2D eigenvalue weighted by atomic mass is 9.77. The molecule has 2 rings (SSSR count). The lowest BCUT2D eigenvalue weighted by molar-refractivity contribution is -0.139. The van der Waals surface area contributed by atoms with Gasteiger partial charge in [-0.25, -0.2) is 4.39 Å². The first-order valence-electron chi connectivity index (χ1n) is 4.22. The zero-order valence-electron chi connectivity index (χ0n) is 7.58. The van der Waals surface area contributed by atoms with E-state index < -0.39 is 17.7 Å². The number of benzene rings is 1. The monoisotopic (exact) mass is 196 g/mol. The summed E-state index contributed by atoms with van der Waals surface area (Å²) in [6, 6.07) is 2.81. The number of ether oxygens (including phenoxy) is 1. The highest BCUT2D eigenvalue weighted by Crippen LogP contribution is 2.38. The van der Waals surface area contributed by atoms with Crippen LogP contribution in [0.3, 0.4) is 0 Å². The SMILES string of the molecule is COc1cc2c(cc1F)C(C(=O)O)C2. The number of halogens is 1. The molecule has 1 aliphatic rings. The van der Waals surface area contributed by atoms with Crippen LogP contribution in [0.25, 0.3) is 0 Å². The molecule has 0 saturated carbocycles. The number of aliphatic carboxylic acids is 1. The van der Waals surface area contributed by atoms with E-state index in [1.54, 1.807) is 6.07 Å². The molecular weight excluding hydrogens is 187 g/mol. The summed E-state index contributed by atoms with van der Waals surface area (Å²) < 4.78 is 18.0. The Hall–Kier alpha value is -1.58. The summed E-state index contributed by atoms with van der Waals surface area (Å²) in [5.41, 5.74) is 1.42. The molecule has 1 aromatic rings. The van der Waals surface area contributed by atoms with Crippen LogP contribution < -0.4 is 4.74 Å². The minimum absolute atomic E-state index is 0.174. The molecule has 0 bridgehead atoms. The van der Waals surface area contributed by atoms with Gasteiger partial charge in [0.1, 0.15) is 0 Å². The van der Waals surface area contributed by atoms with Gasteiger partial charge in [-0.15, -0.1) is 0 Å². The largest absolute Gasteiger partial charge is 0.494 e. The van der Waals surface area contributed by atoms with Crippen molar-refractivity contribution in [3.63, 3.8) is 0 Å². The fourth-order valence-corrected chi connectivity index (χ4v) is 1.69. The van der Waals surface area contributed by atoms with Crippen LogP contribution in [0.15, 0.2) is 12.1 Å². The summed E-state index contributed by atoms with van der Waals surface area (Å²) in [5, 5.41) is 8.74. The molecule has 0 radical (unpaired) electrons. The zero-order chi connectivity index (χ0) is 10.3. The minimum Gasteiger partial charge on any atom is -0.494 e. The van der Waals surface area contributed by atoms with Gasteiger partial charge in [-0.3, -0.25) is 4.79 Å². The van der Waals surface area contributed by atoms with Crippen LogP contribution in [0.2, 0.25) is 0 Å². The molecule has 1 atom stereocenters. The van der Waals surface area contributed by atoms with Crippen molar-refractivity contribution in [3.05, 3.63) is 29.1 Å². The predicted octanol–water partition coefficient (Wildman–Crippen LogP) is 1.56. The predicted molar refractivity (Wildman–Crippen MR) is 47.0 cm³/mol. The second kappa shape index (κ2) is 2.97. The normalized spacial score (nSPS) is 18.3. The maximum atomic E-state index is 13.2. The summed E-state index contributed by atoms with van der Waals surface area (Å²) in [7, 11) is 1.39. The molecular formula is C10H9FO3. The summed E-state index contributed by atoms with van der Waals surface area (Å²) in [6.45, 7) is 0. The molecule has 0 saturated heterocycles. The van der Waals surface area contributed by atoms with Crippen molar-refractivity contribution in [2.75, 3.05) is 7.11 Å². The van der Waals surface area contributed by atoms with E-state index >= 15 is 0 Å². The van der Waals surface area contributed by atoms with Crippen molar-refractivity contribution < 1.29 is 19.0 Å². The average molecular weight is 196 g/mol. The maximum Gasteiger partial charge on any atom is 0.311 e. The number of fused-ring (bicyclic) bond motifs is 1. The lowest BCUT2D eigenvalue weighted by Gasteiger charge is -2.27. The van der Waals surface area contributed by atoms with Crippen LogP contribution in [-0.4, -0.2) is 18.2 Å². The highest BCUT2D eigenvalue weighted by Gasteiger charge is 2.33. The summed E-state index contributed by atoms with van der Waals surface area (Å²) in [6.07, 6.45) is 0.460. The molecule has 0 amide bonds. The smallest absolute Gasteiger partial charge is 0.311 e. The highest BCUT2D eigenvalue weighted by molar-refractivity contribution is 5.80. The third kappa shape index (κ3) is 1.14. The van der Waals surface area contributed by atoms with Gasteiger partial charge in [-0.05, 0) is 29.7 Å². The third-order valence-electron chi connectivity index (χ3n) is 2.51.